The van der Waals surface area contributed by atoms with Crippen LogP contribution in [0.5, 0.6) is 5.75 Å². The van der Waals surface area contributed by atoms with Crippen LogP contribution in [0, 0.1) is 0 Å². The third-order valence-electron chi connectivity index (χ3n) is 6.77. The highest BCUT2D eigenvalue weighted by molar-refractivity contribution is 5.87. The van der Waals surface area contributed by atoms with Gasteiger partial charge in [0.15, 0.2) is 5.69 Å². The normalized spacial score (nSPS) is 12.5. The van der Waals surface area contributed by atoms with Gasteiger partial charge in [-0.15, -0.1) is 0 Å². The van der Waals surface area contributed by atoms with Gasteiger partial charge in [0.25, 0.3) is 0 Å². The van der Waals surface area contributed by atoms with Crippen LogP contribution >= 0.6 is 0 Å². The minimum atomic E-state index is -4.72. The minimum absolute atomic E-state index is 0.00133. The largest absolute Gasteiger partial charge is 0.478 e. The second-order valence-electron chi connectivity index (χ2n) is 9.69. The number of aromatic carboxylic acids is 1. The van der Waals surface area contributed by atoms with Crippen LogP contribution in [-0.2, 0) is 25.7 Å². The van der Waals surface area contributed by atoms with Crippen LogP contribution in [0.3, 0.4) is 0 Å². The molecule has 0 saturated carbocycles. The van der Waals surface area contributed by atoms with Gasteiger partial charge in [0.2, 0.25) is 0 Å². The van der Waals surface area contributed by atoms with E-state index in [0.29, 0.717) is 29.7 Å². The summed E-state index contributed by atoms with van der Waals surface area (Å²) in [5, 5.41) is 12.5. The number of carboxylic acids is 1. The zero-order valence-corrected chi connectivity index (χ0v) is 22.7. The Hall–Kier alpha value is -4.25. The van der Waals surface area contributed by atoms with E-state index in [0.717, 1.165) is 6.42 Å². The first-order valence-electron chi connectivity index (χ1n) is 13.4. The molecule has 4 aromatic rings. The molecule has 0 aliphatic heterocycles. The number of aromatic nitrogens is 2. The zero-order valence-electron chi connectivity index (χ0n) is 22.7. The summed E-state index contributed by atoms with van der Waals surface area (Å²) in [6, 6.07) is 19.9. The number of carboxylic acid groups (broad SMARTS) is 1. The van der Waals surface area contributed by atoms with Crippen molar-refractivity contribution in [2.24, 2.45) is 0 Å². The highest BCUT2D eigenvalue weighted by atomic mass is 19.4. The van der Waals surface area contributed by atoms with Crippen LogP contribution in [0.1, 0.15) is 58.7 Å². The second-order valence-corrected chi connectivity index (χ2v) is 9.69. The molecule has 0 fully saturated rings. The molecule has 4 rings (SSSR count). The Morgan fingerprint density at radius 3 is 2.24 bits per heavy atom. The molecule has 0 bridgehead atoms. The van der Waals surface area contributed by atoms with Crippen LogP contribution in [0.2, 0.25) is 0 Å². The first-order valence-corrected chi connectivity index (χ1v) is 13.4. The fourth-order valence-electron chi connectivity index (χ4n) is 4.67. The Balaban J connectivity index is 1.75. The van der Waals surface area contributed by atoms with E-state index in [-0.39, 0.29) is 35.8 Å². The van der Waals surface area contributed by atoms with Crippen LogP contribution in [0.4, 0.5) is 22.0 Å². The quantitative estimate of drug-likeness (QED) is 0.157. The first-order chi connectivity index (χ1) is 20.1. The molecule has 1 aromatic heterocycles. The van der Waals surface area contributed by atoms with Gasteiger partial charge in [0.1, 0.15) is 11.6 Å². The highest BCUT2D eigenvalue weighted by Crippen LogP contribution is 2.37. The Labute approximate surface area is 239 Å². The van der Waals surface area contributed by atoms with Crippen LogP contribution in [-0.4, -0.2) is 27.2 Å². The van der Waals surface area contributed by atoms with Crippen molar-refractivity contribution < 1.29 is 36.6 Å². The number of imidazole rings is 1. The standard InChI is InChI=1S/C31H30F5N3O3/c1-2-3-17-39-26(27(31(34,35)36)38-28(39)22-7-5-4-6-8-22)18-25(21-13-15-24(16-14-21)42-30(32)33)37-19-20-9-11-23(12-10-20)29(40)41/h4-16,25,30,37H,2-3,17-19H2,1H3,(H,40,41). The molecule has 0 aliphatic rings. The lowest BCUT2D eigenvalue weighted by molar-refractivity contribution is -0.141. The molecule has 0 radical (unpaired) electrons. The van der Waals surface area contributed by atoms with Crippen molar-refractivity contribution in [2.75, 3.05) is 0 Å². The average Bonchev–Trinajstić information content (AvgIpc) is 3.33. The van der Waals surface area contributed by atoms with Crippen molar-refractivity contribution in [1.82, 2.24) is 14.9 Å². The lowest BCUT2D eigenvalue weighted by Gasteiger charge is -2.22. The molecule has 11 heteroatoms. The number of halogens is 5. The van der Waals surface area contributed by atoms with E-state index in [4.69, 9.17) is 0 Å². The maximum atomic E-state index is 14.4. The van der Waals surface area contributed by atoms with Crippen LogP contribution in [0.25, 0.3) is 11.4 Å². The SMILES string of the molecule is CCCCn1c(-c2ccccc2)nc(C(F)(F)F)c1CC(NCc1ccc(C(=O)O)cc1)c1ccc(OC(F)F)cc1. The first kappa shape index (κ1) is 30.7. The summed E-state index contributed by atoms with van der Waals surface area (Å²) >= 11 is 0. The molecule has 3 aromatic carbocycles. The fourth-order valence-corrected chi connectivity index (χ4v) is 4.67. The van der Waals surface area contributed by atoms with Gasteiger partial charge in [0.05, 0.1) is 11.3 Å². The van der Waals surface area contributed by atoms with Crippen molar-refractivity contribution in [3.05, 3.63) is 107 Å². The summed E-state index contributed by atoms with van der Waals surface area (Å²) in [4.78, 5) is 15.3. The number of benzene rings is 3. The van der Waals surface area contributed by atoms with Crippen molar-refractivity contribution in [3.63, 3.8) is 0 Å². The van der Waals surface area contributed by atoms with Gasteiger partial charge in [-0.1, -0.05) is 67.9 Å². The number of alkyl halides is 5. The van der Waals surface area contributed by atoms with E-state index >= 15 is 0 Å². The van der Waals surface area contributed by atoms with Crippen molar-refractivity contribution in [3.8, 4) is 17.1 Å². The van der Waals surface area contributed by atoms with Gasteiger partial charge in [-0.3, -0.25) is 0 Å². The molecular weight excluding hydrogens is 557 g/mol. The Kier molecular flexibility index (Phi) is 9.95. The topological polar surface area (TPSA) is 76.4 Å². The lowest BCUT2D eigenvalue weighted by Crippen LogP contribution is -2.25. The smallest absolute Gasteiger partial charge is 0.435 e. The summed E-state index contributed by atoms with van der Waals surface area (Å²) in [6.07, 6.45) is -3.44. The Morgan fingerprint density at radius 2 is 1.67 bits per heavy atom. The molecule has 1 unspecified atom stereocenters. The lowest BCUT2D eigenvalue weighted by atomic mass is 9.99. The molecule has 0 spiro atoms. The number of hydrogen-bond acceptors (Lipinski definition) is 4. The molecule has 0 amide bonds. The highest BCUT2D eigenvalue weighted by Gasteiger charge is 2.39. The molecular formula is C31H30F5N3O3. The van der Waals surface area contributed by atoms with Gasteiger partial charge in [-0.05, 0) is 41.8 Å². The van der Waals surface area contributed by atoms with Crippen LogP contribution < -0.4 is 10.1 Å². The molecule has 222 valence electrons. The predicted octanol–water partition coefficient (Wildman–Crippen LogP) is 7.74. The molecule has 1 heterocycles. The van der Waals surface area contributed by atoms with E-state index in [2.05, 4.69) is 15.0 Å². The van der Waals surface area contributed by atoms with Gasteiger partial charge in [-0.2, -0.15) is 22.0 Å². The van der Waals surface area contributed by atoms with Crippen molar-refractivity contribution >= 4 is 5.97 Å². The zero-order chi connectivity index (χ0) is 30.3. The number of unbranched alkanes of at least 4 members (excludes halogenated alkanes) is 1. The molecule has 0 aliphatic carbocycles. The fraction of sp³-hybridized carbons (Fsp3) is 0.290. The van der Waals surface area contributed by atoms with E-state index in [1.165, 1.54) is 36.4 Å². The monoisotopic (exact) mass is 587 g/mol. The van der Waals surface area contributed by atoms with Gasteiger partial charge < -0.3 is 19.7 Å². The van der Waals surface area contributed by atoms with E-state index in [1.807, 2.05) is 6.92 Å². The molecule has 2 N–H and O–H groups in total. The van der Waals surface area contributed by atoms with Crippen molar-refractivity contribution in [2.45, 2.75) is 58.1 Å². The number of hydrogen-bond donors (Lipinski definition) is 2. The van der Waals surface area contributed by atoms with Crippen LogP contribution in [0.15, 0.2) is 78.9 Å². The summed E-state index contributed by atoms with van der Waals surface area (Å²) in [5.74, 6) is -0.935. The number of carbonyl (C=O) groups is 1. The number of rotatable bonds is 13. The Bertz CT molecular complexity index is 1450. The van der Waals surface area contributed by atoms with E-state index < -0.39 is 30.5 Å². The molecule has 1 atom stereocenters. The summed E-state index contributed by atoms with van der Waals surface area (Å²) in [6.45, 7) is -0.538. The summed E-state index contributed by atoms with van der Waals surface area (Å²) in [7, 11) is 0. The minimum Gasteiger partial charge on any atom is -0.478 e. The second kappa shape index (κ2) is 13.6. The molecule has 0 saturated heterocycles. The van der Waals surface area contributed by atoms with Gasteiger partial charge in [0, 0.05) is 31.1 Å². The summed E-state index contributed by atoms with van der Waals surface area (Å²) < 4.78 is 74.8. The predicted molar refractivity (Wildman–Crippen MR) is 147 cm³/mol. The van der Waals surface area contributed by atoms with E-state index in [1.54, 1.807) is 47.0 Å². The maximum absolute atomic E-state index is 14.4. The molecule has 6 nitrogen and oxygen atoms in total. The average molecular weight is 588 g/mol. The summed E-state index contributed by atoms with van der Waals surface area (Å²) in [5.41, 5.74) is 0.948. The van der Waals surface area contributed by atoms with Gasteiger partial charge in [-0.25, -0.2) is 9.78 Å². The number of ether oxygens (including phenoxy) is 1. The number of nitrogens with one attached hydrogen (secondary N) is 1. The molecule has 42 heavy (non-hydrogen) atoms. The third-order valence-corrected chi connectivity index (χ3v) is 6.77. The van der Waals surface area contributed by atoms with Crippen molar-refractivity contribution in [1.29, 1.82) is 0 Å². The maximum Gasteiger partial charge on any atom is 0.435 e. The third kappa shape index (κ3) is 7.73. The van der Waals surface area contributed by atoms with Gasteiger partial charge >= 0.3 is 18.8 Å². The van der Waals surface area contributed by atoms with E-state index in [9.17, 15) is 31.9 Å². The Morgan fingerprint density at radius 1 is 1.00 bits per heavy atom. The number of nitrogens with zero attached hydrogens (tertiary/aromatic N) is 2.